The Morgan fingerprint density at radius 2 is 1.89 bits per heavy atom. The average molecular weight is 261 g/mol. The molecular weight excluding hydrogens is 242 g/mol. The van der Waals surface area contributed by atoms with Gasteiger partial charge in [-0.1, -0.05) is 12.1 Å². The van der Waals surface area contributed by atoms with Crippen molar-refractivity contribution < 1.29 is 9.59 Å². The fourth-order valence-electron chi connectivity index (χ4n) is 1.72. The van der Waals surface area contributed by atoms with Crippen LogP contribution in [0.3, 0.4) is 0 Å². The molecule has 1 fully saturated rings. The number of rotatable bonds is 6. The van der Waals surface area contributed by atoms with Gasteiger partial charge in [0.15, 0.2) is 0 Å². The molecular formula is C14H19N3O2. The van der Waals surface area contributed by atoms with Crippen molar-refractivity contribution >= 4 is 17.5 Å². The lowest BCUT2D eigenvalue weighted by Gasteiger charge is -2.07. The summed E-state index contributed by atoms with van der Waals surface area (Å²) in [6.45, 7) is 0.841. The van der Waals surface area contributed by atoms with Crippen LogP contribution in [0.2, 0.25) is 0 Å². The number of hydrogen-bond donors (Lipinski definition) is 3. The summed E-state index contributed by atoms with van der Waals surface area (Å²) in [6.07, 6.45) is 2.34. The predicted molar refractivity (Wildman–Crippen MR) is 73.3 cm³/mol. The lowest BCUT2D eigenvalue weighted by Crippen LogP contribution is -2.24. The van der Waals surface area contributed by atoms with E-state index in [1.54, 1.807) is 0 Å². The van der Waals surface area contributed by atoms with Gasteiger partial charge in [0.2, 0.25) is 11.8 Å². The highest BCUT2D eigenvalue weighted by molar-refractivity contribution is 5.94. The minimum Gasteiger partial charge on any atom is -0.352 e. The van der Waals surface area contributed by atoms with Crippen LogP contribution in [0.5, 0.6) is 0 Å². The third kappa shape index (κ3) is 4.37. The smallest absolute Gasteiger partial charge is 0.227 e. The van der Waals surface area contributed by atoms with Crippen molar-refractivity contribution in [2.24, 2.45) is 11.7 Å². The van der Waals surface area contributed by atoms with Gasteiger partial charge < -0.3 is 16.4 Å². The van der Waals surface area contributed by atoms with E-state index in [2.05, 4.69) is 10.6 Å². The van der Waals surface area contributed by atoms with Gasteiger partial charge in [-0.25, -0.2) is 0 Å². The second kappa shape index (κ2) is 6.33. The SMILES string of the molecule is NCCC(=O)NCc1ccc(NC(=O)C2CC2)cc1. The molecule has 1 aromatic rings. The minimum absolute atomic E-state index is 0.0476. The largest absolute Gasteiger partial charge is 0.352 e. The second-order valence-electron chi connectivity index (χ2n) is 4.78. The first kappa shape index (κ1) is 13.5. The van der Waals surface area contributed by atoms with E-state index >= 15 is 0 Å². The lowest BCUT2D eigenvalue weighted by atomic mass is 10.2. The quantitative estimate of drug-likeness (QED) is 0.714. The van der Waals surface area contributed by atoms with Crippen molar-refractivity contribution in [1.82, 2.24) is 5.32 Å². The molecule has 0 bridgehead atoms. The average Bonchev–Trinajstić information content (AvgIpc) is 3.22. The number of hydrogen-bond acceptors (Lipinski definition) is 3. The summed E-state index contributed by atoms with van der Waals surface area (Å²) in [7, 11) is 0. The maximum Gasteiger partial charge on any atom is 0.227 e. The predicted octanol–water partition coefficient (Wildman–Crippen LogP) is 1.00. The van der Waals surface area contributed by atoms with E-state index < -0.39 is 0 Å². The Bertz CT molecular complexity index is 452. The maximum absolute atomic E-state index is 11.6. The van der Waals surface area contributed by atoms with Crippen LogP contribution in [-0.2, 0) is 16.1 Å². The first-order valence-corrected chi connectivity index (χ1v) is 6.55. The van der Waals surface area contributed by atoms with Crippen LogP contribution >= 0.6 is 0 Å². The molecule has 0 radical (unpaired) electrons. The van der Waals surface area contributed by atoms with Crippen molar-refractivity contribution in [3.8, 4) is 0 Å². The molecule has 1 aromatic carbocycles. The zero-order valence-corrected chi connectivity index (χ0v) is 10.8. The molecule has 4 N–H and O–H groups in total. The highest BCUT2D eigenvalue weighted by Crippen LogP contribution is 2.30. The van der Waals surface area contributed by atoms with E-state index in [9.17, 15) is 9.59 Å². The number of carbonyl (C=O) groups is 2. The van der Waals surface area contributed by atoms with Gasteiger partial charge in [0.1, 0.15) is 0 Å². The summed E-state index contributed by atoms with van der Waals surface area (Å²) < 4.78 is 0. The number of amides is 2. The van der Waals surface area contributed by atoms with Crippen LogP contribution in [0.4, 0.5) is 5.69 Å². The minimum atomic E-state index is -0.0476. The highest BCUT2D eigenvalue weighted by Gasteiger charge is 2.29. The van der Waals surface area contributed by atoms with E-state index in [1.165, 1.54) is 0 Å². The van der Waals surface area contributed by atoms with E-state index in [4.69, 9.17) is 5.73 Å². The molecule has 0 spiro atoms. The molecule has 102 valence electrons. The van der Waals surface area contributed by atoms with Crippen molar-refractivity contribution in [3.63, 3.8) is 0 Å². The van der Waals surface area contributed by atoms with Gasteiger partial charge in [0.25, 0.3) is 0 Å². The van der Waals surface area contributed by atoms with E-state index in [0.717, 1.165) is 24.1 Å². The monoisotopic (exact) mass is 261 g/mol. The van der Waals surface area contributed by atoms with Crippen LogP contribution in [0, 0.1) is 5.92 Å². The summed E-state index contributed by atoms with van der Waals surface area (Å²) in [5, 5.41) is 5.66. The van der Waals surface area contributed by atoms with E-state index in [0.29, 0.717) is 19.5 Å². The number of benzene rings is 1. The Kier molecular flexibility index (Phi) is 4.52. The molecule has 2 rings (SSSR count). The maximum atomic E-state index is 11.6. The second-order valence-corrected chi connectivity index (χ2v) is 4.78. The summed E-state index contributed by atoms with van der Waals surface area (Å²) in [6, 6.07) is 7.49. The molecule has 5 nitrogen and oxygen atoms in total. The van der Waals surface area contributed by atoms with Crippen LogP contribution in [0.1, 0.15) is 24.8 Å². The Hall–Kier alpha value is -1.88. The van der Waals surface area contributed by atoms with E-state index in [1.807, 2.05) is 24.3 Å². The molecule has 2 amide bonds. The molecule has 0 unspecified atom stereocenters. The molecule has 19 heavy (non-hydrogen) atoms. The van der Waals surface area contributed by atoms with Crippen molar-refractivity contribution in [1.29, 1.82) is 0 Å². The summed E-state index contributed by atoms with van der Waals surface area (Å²) in [5.74, 6) is 0.257. The number of nitrogens with two attached hydrogens (primary N) is 1. The number of carbonyl (C=O) groups excluding carboxylic acids is 2. The third-order valence-corrected chi connectivity index (χ3v) is 3.03. The molecule has 0 aromatic heterocycles. The first-order chi connectivity index (χ1) is 9.19. The molecule has 1 aliphatic carbocycles. The Balaban J connectivity index is 1.80. The van der Waals surface area contributed by atoms with Crippen LogP contribution in [0.25, 0.3) is 0 Å². The molecule has 5 heteroatoms. The molecule has 0 saturated heterocycles. The fraction of sp³-hybridized carbons (Fsp3) is 0.429. The van der Waals surface area contributed by atoms with Gasteiger partial charge in [-0.2, -0.15) is 0 Å². The van der Waals surface area contributed by atoms with Gasteiger partial charge in [-0.05, 0) is 30.5 Å². The summed E-state index contributed by atoms with van der Waals surface area (Å²) >= 11 is 0. The Morgan fingerprint density at radius 1 is 1.21 bits per heavy atom. The van der Waals surface area contributed by atoms with Gasteiger partial charge in [-0.15, -0.1) is 0 Å². The van der Waals surface area contributed by atoms with Crippen molar-refractivity contribution in [2.75, 3.05) is 11.9 Å². The van der Waals surface area contributed by atoms with Gasteiger partial charge in [-0.3, -0.25) is 9.59 Å². The van der Waals surface area contributed by atoms with Crippen LogP contribution in [-0.4, -0.2) is 18.4 Å². The lowest BCUT2D eigenvalue weighted by molar-refractivity contribution is -0.121. The Labute approximate surface area is 112 Å². The van der Waals surface area contributed by atoms with Gasteiger partial charge >= 0.3 is 0 Å². The molecule has 0 aliphatic heterocycles. The zero-order valence-electron chi connectivity index (χ0n) is 10.8. The first-order valence-electron chi connectivity index (χ1n) is 6.55. The van der Waals surface area contributed by atoms with Crippen LogP contribution in [0.15, 0.2) is 24.3 Å². The molecule has 0 atom stereocenters. The summed E-state index contributed by atoms with van der Waals surface area (Å²) in [4.78, 5) is 22.8. The molecule has 0 heterocycles. The third-order valence-electron chi connectivity index (χ3n) is 3.03. The van der Waals surface area contributed by atoms with E-state index in [-0.39, 0.29) is 17.7 Å². The van der Waals surface area contributed by atoms with Gasteiger partial charge in [0, 0.05) is 31.1 Å². The van der Waals surface area contributed by atoms with Crippen molar-refractivity contribution in [2.45, 2.75) is 25.8 Å². The Morgan fingerprint density at radius 3 is 2.47 bits per heavy atom. The standard InChI is InChI=1S/C14H19N3O2/c15-8-7-13(18)16-9-10-1-5-12(6-2-10)17-14(19)11-3-4-11/h1-2,5-6,11H,3-4,7-9,15H2,(H,16,18)(H,17,19). The van der Waals surface area contributed by atoms with Gasteiger partial charge in [0.05, 0.1) is 0 Å². The zero-order chi connectivity index (χ0) is 13.7. The number of anilines is 1. The normalized spacial score (nSPS) is 13.9. The van der Waals surface area contributed by atoms with Crippen LogP contribution < -0.4 is 16.4 Å². The highest BCUT2D eigenvalue weighted by atomic mass is 16.2. The number of nitrogens with one attached hydrogen (secondary N) is 2. The summed E-state index contributed by atoms with van der Waals surface area (Å²) in [5.41, 5.74) is 7.09. The molecule has 1 aliphatic rings. The fourth-order valence-corrected chi connectivity index (χ4v) is 1.72. The molecule has 1 saturated carbocycles. The van der Waals surface area contributed by atoms with Crippen molar-refractivity contribution in [3.05, 3.63) is 29.8 Å². The topological polar surface area (TPSA) is 84.2 Å².